The number of rotatable bonds is 4. The van der Waals surface area contributed by atoms with Crippen molar-refractivity contribution in [2.24, 2.45) is 0 Å². The van der Waals surface area contributed by atoms with E-state index in [-0.39, 0.29) is 6.10 Å². The molecule has 0 saturated heterocycles. The van der Waals surface area contributed by atoms with Gasteiger partial charge in [-0.1, -0.05) is 71.7 Å². The number of fused-ring (bicyclic) bond motifs is 1. The van der Waals surface area contributed by atoms with Gasteiger partial charge in [-0.3, -0.25) is 0 Å². The van der Waals surface area contributed by atoms with Crippen LogP contribution in [-0.2, 0) is 12.8 Å². The second-order valence-electron chi connectivity index (χ2n) is 6.20. The summed E-state index contributed by atoms with van der Waals surface area (Å²) in [5.74, 6) is 0.918. The van der Waals surface area contributed by atoms with Crippen molar-refractivity contribution in [2.75, 3.05) is 0 Å². The zero-order valence-electron chi connectivity index (χ0n) is 13.6. The lowest BCUT2D eigenvalue weighted by Gasteiger charge is -2.13. The van der Waals surface area contributed by atoms with Crippen LogP contribution in [0.2, 0.25) is 10.0 Å². The van der Waals surface area contributed by atoms with E-state index in [2.05, 4.69) is 36.8 Å². The van der Waals surface area contributed by atoms with Gasteiger partial charge < -0.3 is 4.74 Å². The quantitative estimate of drug-likeness (QED) is 0.517. The number of hydrogen-bond acceptors (Lipinski definition) is 1. The Hall–Kier alpha value is -1.96. The van der Waals surface area contributed by atoms with Crippen LogP contribution in [0.1, 0.15) is 11.1 Å². The minimum atomic E-state index is 0.0781. The SMILES string of the molecule is Clc1ccc(Cl)c(-c2cccc3c2OC([CH]Cc2ccccc2)C3)c1. The standard InChI is InChI=1S/C22H17Cl2O/c23-17-10-12-21(24)20(14-17)19-8-4-7-16-13-18(25-22(16)19)11-9-15-5-2-1-3-6-15/h1-8,10-12,14,18H,9,13H2. The second kappa shape index (κ2) is 7.11. The summed E-state index contributed by atoms with van der Waals surface area (Å²) in [6.07, 6.45) is 4.09. The zero-order valence-corrected chi connectivity index (χ0v) is 15.1. The van der Waals surface area contributed by atoms with Gasteiger partial charge in [0.1, 0.15) is 11.9 Å². The van der Waals surface area contributed by atoms with Gasteiger partial charge in [-0.05, 0) is 35.7 Å². The number of benzene rings is 3. The van der Waals surface area contributed by atoms with Crippen molar-refractivity contribution in [3.05, 3.63) is 94.3 Å². The molecule has 0 aromatic heterocycles. The van der Waals surface area contributed by atoms with Crippen LogP contribution in [0.4, 0.5) is 0 Å². The highest BCUT2D eigenvalue weighted by molar-refractivity contribution is 6.35. The van der Waals surface area contributed by atoms with E-state index in [0.29, 0.717) is 10.0 Å². The molecule has 1 heterocycles. The summed E-state index contributed by atoms with van der Waals surface area (Å²) in [7, 11) is 0. The molecule has 4 rings (SSSR count). The number of halogens is 2. The topological polar surface area (TPSA) is 9.23 Å². The first-order chi connectivity index (χ1) is 12.2. The first kappa shape index (κ1) is 16.5. The molecule has 0 amide bonds. The van der Waals surface area contributed by atoms with Gasteiger partial charge in [0.05, 0.1) is 0 Å². The van der Waals surface area contributed by atoms with Gasteiger partial charge in [-0.2, -0.15) is 0 Å². The fourth-order valence-electron chi connectivity index (χ4n) is 3.22. The van der Waals surface area contributed by atoms with Crippen molar-refractivity contribution >= 4 is 23.2 Å². The molecule has 0 bridgehead atoms. The Kier molecular flexibility index (Phi) is 4.70. The molecule has 0 saturated carbocycles. The third-order valence-corrected chi connectivity index (χ3v) is 5.03. The summed E-state index contributed by atoms with van der Waals surface area (Å²) in [6, 6.07) is 22.2. The molecule has 1 atom stereocenters. The summed E-state index contributed by atoms with van der Waals surface area (Å²) >= 11 is 12.5. The van der Waals surface area contributed by atoms with Gasteiger partial charge >= 0.3 is 0 Å². The molecule has 25 heavy (non-hydrogen) atoms. The summed E-state index contributed by atoms with van der Waals surface area (Å²) in [5, 5.41) is 1.35. The van der Waals surface area contributed by atoms with E-state index in [9.17, 15) is 0 Å². The Bertz CT molecular complexity index is 890. The molecule has 3 aromatic rings. The molecular formula is C22H17Cl2O. The Balaban J connectivity index is 1.56. The Morgan fingerprint density at radius 2 is 1.76 bits per heavy atom. The molecule has 1 radical (unpaired) electrons. The molecule has 1 aliphatic rings. The molecule has 1 aliphatic heterocycles. The maximum Gasteiger partial charge on any atom is 0.130 e. The molecule has 3 aromatic carbocycles. The van der Waals surface area contributed by atoms with E-state index in [0.717, 1.165) is 29.7 Å². The Labute approximate surface area is 158 Å². The molecule has 0 N–H and O–H groups in total. The van der Waals surface area contributed by atoms with Crippen LogP contribution >= 0.6 is 23.2 Å². The van der Waals surface area contributed by atoms with Crippen LogP contribution in [0.5, 0.6) is 5.75 Å². The van der Waals surface area contributed by atoms with E-state index in [1.807, 2.05) is 30.3 Å². The Morgan fingerprint density at radius 3 is 2.60 bits per heavy atom. The highest BCUT2D eigenvalue weighted by atomic mass is 35.5. The van der Waals surface area contributed by atoms with Crippen LogP contribution in [0.3, 0.4) is 0 Å². The zero-order chi connectivity index (χ0) is 17.2. The molecule has 0 fully saturated rings. The van der Waals surface area contributed by atoms with Gasteiger partial charge in [-0.25, -0.2) is 0 Å². The molecular weight excluding hydrogens is 351 g/mol. The Morgan fingerprint density at radius 1 is 0.920 bits per heavy atom. The lowest BCUT2D eigenvalue weighted by molar-refractivity contribution is 0.264. The van der Waals surface area contributed by atoms with Crippen LogP contribution in [0.25, 0.3) is 11.1 Å². The summed E-state index contributed by atoms with van der Waals surface area (Å²) < 4.78 is 6.25. The third kappa shape index (κ3) is 3.53. The second-order valence-corrected chi connectivity index (χ2v) is 7.05. The average molecular weight is 368 g/mol. The molecule has 0 aliphatic carbocycles. The molecule has 0 spiro atoms. The predicted octanol–water partition coefficient (Wildman–Crippen LogP) is 6.41. The van der Waals surface area contributed by atoms with E-state index in [1.165, 1.54) is 11.1 Å². The predicted molar refractivity (Wildman–Crippen MR) is 104 cm³/mol. The fraction of sp³-hybridized carbons (Fsp3) is 0.136. The van der Waals surface area contributed by atoms with Gasteiger partial charge in [0.25, 0.3) is 0 Å². The smallest absolute Gasteiger partial charge is 0.130 e. The minimum Gasteiger partial charge on any atom is -0.489 e. The van der Waals surface area contributed by atoms with Crippen molar-refractivity contribution < 1.29 is 4.74 Å². The fourth-order valence-corrected chi connectivity index (χ4v) is 3.62. The summed E-state index contributed by atoms with van der Waals surface area (Å²) in [6.45, 7) is 0. The lowest BCUT2D eigenvalue weighted by atomic mass is 9.99. The third-order valence-electron chi connectivity index (χ3n) is 4.46. The van der Waals surface area contributed by atoms with E-state index >= 15 is 0 Å². The maximum atomic E-state index is 6.39. The van der Waals surface area contributed by atoms with E-state index in [4.69, 9.17) is 27.9 Å². The van der Waals surface area contributed by atoms with Crippen molar-refractivity contribution in [3.8, 4) is 16.9 Å². The first-order valence-electron chi connectivity index (χ1n) is 8.32. The highest BCUT2D eigenvalue weighted by Crippen LogP contribution is 2.42. The van der Waals surface area contributed by atoms with Crippen molar-refractivity contribution in [2.45, 2.75) is 18.9 Å². The van der Waals surface area contributed by atoms with Gasteiger partial charge in [0.15, 0.2) is 0 Å². The van der Waals surface area contributed by atoms with Gasteiger partial charge in [-0.15, -0.1) is 0 Å². The number of para-hydroxylation sites is 1. The number of ether oxygens (including phenoxy) is 1. The minimum absolute atomic E-state index is 0.0781. The average Bonchev–Trinajstić information content (AvgIpc) is 3.06. The van der Waals surface area contributed by atoms with Gasteiger partial charge in [0, 0.05) is 34.0 Å². The van der Waals surface area contributed by atoms with Crippen LogP contribution in [-0.4, -0.2) is 6.10 Å². The molecule has 1 nitrogen and oxygen atoms in total. The van der Waals surface area contributed by atoms with Crippen LogP contribution < -0.4 is 4.74 Å². The summed E-state index contributed by atoms with van der Waals surface area (Å²) in [5.41, 5.74) is 4.42. The normalized spacial score (nSPS) is 15.7. The van der Waals surface area contributed by atoms with Crippen molar-refractivity contribution in [1.82, 2.24) is 0 Å². The van der Waals surface area contributed by atoms with Crippen LogP contribution in [0, 0.1) is 6.42 Å². The van der Waals surface area contributed by atoms with Crippen molar-refractivity contribution in [1.29, 1.82) is 0 Å². The van der Waals surface area contributed by atoms with Gasteiger partial charge in [0.2, 0.25) is 0 Å². The highest BCUT2D eigenvalue weighted by Gasteiger charge is 2.26. The first-order valence-corrected chi connectivity index (χ1v) is 9.07. The molecule has 1 unspecified atom stereocenters. The lowest BCUT2D eigenvalue weighted by Crippen LogP contribution is -2.14. The van der Waals surface area contributed by atoms with Crippen LogP contribution in [0.15, 0.2) is 66.7 Å². The largest absolute Gasteiger partial charge is 0.489 e. The number of hydrogen-bond donors (Lipinski definition) is 0. The van der Waals surface area contributed by atoms with Crippen molar-refractivity contribution in [3.63, 3.8) is 0 Å². The van der Waals surface area contributed by atoms with E-state index in [1.54, 1.807) is 6.07 Å². The summed E-state index contributed by atoms with van der Waals surface area (Å²) in [4.78, 5) is 0. The maximum absolute atomic E-state index is 6.39. The monoisotopic (exact) mass is 367 g/mol. The molecule has 3 heteroatoms. The molecule has 125 valence electrons. The van der Waals surface area contributed by atoms with E-state index < -0.39 is 0 Å².